The van der Waals surface area contributed by atoms with Crippen LogP contribution in [0.4, 0.5) is 22.7 Å². The molecule has 0 saturated heterocycles. The lowest BCUT2D eigenvalue weighted by molar-refractivity contribution is -0.535. The molecule has 0 spiro atoms. The van der Waals surface area contributed by atoms with Crippen molar-refractivity contribution in [1.29, 1.82) is 0 Å². The molecule has 6 nitrogen and oxygen atoms in total. The fourth-order valence-corrected chi connectivity index (χ4v) is 8.19. The molecule has 2 unspecified atom stereocenters. The lowest BCUT2D eigenvalue weighted by atomic mass is 9.60. The summed E-state index contributed by atoms with van der Waals surface area (Å²) < 4.78 is 0. The number of rotatable bonds is 3. The molecule has 2 N–H and O–H groups in total. The van der Waals surface area contributed by atoms with E-state index in [0.29, 0.717) is 5.69 Å². The van der Waals surface area contributed by atoms with Gasteiger partial charge < -0.3 is 30.6 Å². The number of nitrogen functional groups attached to an aromatic ring is 1. The monoisotopic (exact) mass is 566 g/mol. The number of fused-ring (bicyclic) bond motifs is 4. The molecular formula is C37H34N4O2-2. The van der Waals surface area contributed by atoms with Crippen LogP contribution < -0.4 is 30.6 Å². The van der Waals surface area contributed by atoms with Gasteiger partial charge in [0.1, 0.15) is 0 Å². The third-order valence-electron chi connectivity index (χ3n) is 9.88. The maximum atomic E-state index is 14.7. The molecule has 0 aromatic heterocycles. The van der Waals surface area contributed by atoms with E-state index in [1.54, 1.807) is 0 Å². The molecule has 0 amide bonds. The first-order chi connectivity index (χ1) is 20.8. The topological polar surface area (TPSA) is 81.9 Å². The lowest BCUT2D eigenvalue weighted by Crippen LogP contribution is -2.63. The molecular weight excluding hydrogens is 532 g/mol. The third-order valence-corrected chi connectivity index (χ3v) is 9.88. The van der Waals surface area contributed by atoms with Crippen LogP contribution in [-0.2, 0) is 0 Å². The lowest BCUT2D eigenvalue weighted by Gasteiger charge is -2.62. The average molecular weight is 567 g/mol. The van der Waals surface area contributed by atoms with Gasteiger partial charge in [0, 0.05) is 66.5 Å². The van der Waals surface area contributed by atoms with Crippen molar-refractivity contribution in [3.8, 4) is 0 Å². The number of benzene rings is 6. The van der Waals surface area contributed by atoms with Crippen LogP contribution in [0.2, 0.25) is 0 Å². The van der Waals surface area contributed by atoms with Crippen LogP contribution in [0.5, 0.6) is 0 Å². The van der Waals surface area contributed by atoms with E-state index in [-0.39, 0.29) is 0 Å². The highest BCUT2D eigenvalue weighted by molar-refractivity contribution is 6.21. The Morgan fingerprint density at radius 3 is 1.79 bits per heavy atom. The summed E-state index contributed by atoms with van der Waals surface area (Å²) in [4.78, 5) is 6.58. The number of hydrogen-bond donors (Lipinski definition) is 1. The van der Waals surface area contributed by atoms with Gasteiger partial charge in [-0.2, -0.15) is 0 Å². The van der Waals surface area contributed by atoms with Crippen molar-refractivity contribution in [2.24, 2.45) is 0 Å². The van der Waals surface area contributed by atoms with Crippen LogP contribution in [0.25, 0.3) is 43.1 Å². The Morgan fingerprint density at radius 2 is 1.16 bits per heavy atom. The highest BCUT2D eigenvalue weighted by Crippen LogP contribution is 2.56. The van der Waals surface area contributed by atoms with E-state index in [1.807, 2.05) is 56.6 Å². The molecule has 2 atom stereocenters. The Labute approximate surface area is 251 Å². The van der Waals surface area contributed by atoms with Crippen LogP contribution >= 0.6 is 0 Å². The zero-order valence-electron chi connectivity index (χ0n) is 24.8. The van der Waals surface area contributed by atoms with Gasteiger partial charge in [0.05, 0.1) is 18.0 Å². The molecule has 1 aliphatic carbocycles. The van der Waals surface area contributed by atoms with E-state index in [9.17, 15) is 10.2 Å². The van der Waals surface area contributed by atoms with E-state index >= 15 is 0 Å². The molecule has 0 radical (unpaired) electrons. The van der Waals surface area contributed by atoms with Crippen molar-refractivity contribution < 1.29 is 10.2 Å². The zero-order chi connectivity index (χ0) is 29.7. The summed E-state index contributed by atoms with van der Waals surface area (Å²) in [6.07, 6.45) is -2.23. The Kier molecular flexibility index (Phi) is 5.61. The second-order valence-electron chi connectivity index (χ2n) is 12.5. The summed E-state index contributed by atoms with van der Waals surface area (Å²) in [5.74, 6) is -1.39. The molecule has 1 aliphatic heterocycles. The first-order valence-corrected chi connectivity index (χ1v) is 14.9. The van der Waals surface area contributed by atoms with Crippen LogP contribution in [0.1, 0.15) is 23.0 Å². The maximum absolute atomic E-state index is 14.7. The van der Waals surface area contributed by atoms with Crippen molar-refractivity contribution in [2.75, 3.05) is 55.3 Å². The Bertz CT molecular complexity index is 2040. The zero-order valence-corrected chi connectivity index (χ0v) is 24.8. The first-order valence-electron chi connectivity index (χ1n) is 14.9. The Balaban J connectivity index is 1.39. The predicted molar refractivity (Wildman–Crippen MR) is 176 cm³/mol. The van der Waals surface area contributed by atoms with E-state index in [1.165, 1.54) is 0 Å². The van der Waals surface area contributed by atoms with Gasteiger partial charge in [0.15, 0.2) is 0 Å². The van der Waals surface area contributed by atoms with Crippen molar-refractivity contribution in [2.45, 2.75) is 24.0 Å². The molecule has 6 aromatic carbocycles. The highest BCUT2D eigenvalue weighted by atomic mass is 16.3. The summed E-state index contributed by atoms with van der Waals surface area (Å²) >= 11 is 0. The minimum atomic E-state index is -1.11. The fourth-order valence-electron chi connectivity index (χ4n) is 8.19. The molecule has 1 fully saturated rings. The summed E-state index contributed by atoms with van der Waals surface area (Å²) in [5.41, 5.74) is 12.3. The van der Waals surface area contributed by atoms with Crippen molar-refractivity contribution >= 4 is 65.8 Å². The maximum Gasteiger partial charge on any atom is 0.0897 e. The Hall–Kier alpha value is -4.52. The molecule has 216 valence electrons. The van der Waals surface area contributed by atoms with E-state index in [4.69, 9.17) is 5.73 Å². The first kappa shape index (κ1) is 26.1. The minimum absolute atomic E-state index is 0.609. The van der Waals surface area contributed by atoms with Crippen LogP contribution in [0, 0.1) is 0 Å². The Morgan fingerprint density at radius 1 is 0.628 bits per heavy atom. The molecule has 1 heterocycles. The van der Waals surface area contributed by atoms with Gasteiger partial charge in [-0.1, -0.05) is 72.8 Å². The van der Waals surface area contributed by atoms with Crippen molar-refractivity contribution in [1.82, 2.24) is 0 Å². The van der Waals surface area contributed by atoms with Crippen LogP contribution in [-0.4, -0.2) is 47.1 Å². The van der Waals surface area contributed by atoms with Crippen molar-refractivity contribution in [3.63, 3.8) is 0 Å². The van der Waals surface area contributed by atoms with E-state index in [0.717, 1.165) is 77.9 Å². The summed E-state index contributed by atoms with van der Waals surface area (Å²) in [6.45, 7) is 0.734. The number of anilines is 4. The molecule has 43 heavy (non-hydrogen) atoms. The average Bonchev–Trinajstić information content (AvgIpc) is 3.00. The SMILES string of the molecule is CN(C)c1c2ccccc2c(C2C([O-])C(c3c4cccc5c4c(c4cccc(N)c34)N(C)CN5C)C2[O-])c2ccccc12. The normalized spacial score (nSPS) is 21.6. The number of hydrogen-bond acceptors (Lipinski definition) is 6. The van der Waals surface area contributed by atoms with Gasteiger partial charge in [-0.15, -0.1) is 12.2 Å². The van der Waals surface area contributed by atoms with Crippen LogP contribution in [0.15, 0.2) is 84.9 Å². The van der Waals surface area contributed by atoms with Gasteiger partial charge >= 0.3 is 0 Å². The second-order valence-corrected chi connectivity index (χ2v) is 12.5. The van der Waals surface area contributed by atoms with Crippen LogP contribution in [0.3, 0.4) is 0 Å². The van der Waals surface area contributed by atoms with E-state index < -0.39 is 24.0 Å². The number of nitrogens with zero attached hydrogens (tertiary/aromatic N) is 3. The minimum Gasteiger partial charge on any atom is -0.851 e. The summed E-state index contributed by atoms with van der Waals surface area (Å²) in [5, 5.41) is 37.3. The second kappa shape index (κ2) is 9.24. The standard InChI is InChI=1S/C37H34N4O2/c1-39(2)34-22-13-7-5-11-20(22)28(21-12-6-8-14-23(21)34)32-36(42)33(37(32)43)31-24-15-10-18-27-30(24)35(41(4)19-40(27)3)25-16-9-17-26(38)29(25)31/h5-18,32-33,36-37H,19,38H2,1-4H3/q-2. The molecule has 6 aromatic rings. The quantitative estimate of drug-likeness (QED) is 0.236. The molecule has 0 bridgehead atoms. The molecule has 1 saturated carbocycles. The largest absolute Gasteiger partial charge is 0.851 e. The molecule has 8 rings (SSSR count). The van der Waals surface area contributed by atoms with Gasteiger partial charge in [-0.3, -0.25) is 0 Å². The van der Waals surface area contributed by atoms with Gasteiger partial charge in [-0.25, -0.2) is 0 Å². The fraction of sp³-hybridized carbons (Fsp3) is 0.243. The molecule has 2 aliphatic rings. The third kappa shape index (κ3) is 3.42. The predicted octanol–water partition coefficient (Wildman–Crippen LogP) is 5.13. The molecule has 6 heteroatoms. The summed E-state index contributed by atoms with van der Waals surface area (Å²) in [6, 6.07) is 28.6. The van der Waals surface area contributed by atoms with E-state index in [2.05, 4.69) is 71.3 Å². The summed E-state index contributed by atoms with van der Waals surface area (Å²) in [7, 11) is 8.26. The van der Waals surface area contributed by atoms with Gasteiger partial charge in [0.25, 0.3) is 0 Å². The smallest absolute Gasteiger partial charge is 0.0897 e. The van der Waals surface area contributed by atoms with Gasteiger partial charge in [0.2, 0.25) is 0 Å². The number of nitrogens with two attached hydrogens (primary N) is 1. The highest BCUT2D eigenvalue weighted by Gasteiger charge is 2.42. The van der Waals surface area contributed by atoms with Crippen molar-refractivity contribution in [3.05, 3.63) is 96.1 Å². The van der Waals surface area contributed by atoms with Gasteiger partial charge in [-0.05, 0) is 51.3 Å².